The zero-order valence-electron chi connectivity index (χ0n) is 7.06. The van der Waals surface area contributed by atoms with Gasteiger partial charge in [-0.1, -0.05) is 0 Å². The number of rotatable bonds is 4. The van der Waals surface area contributed by atoms with Crippen molar-refractivity contribution in [2.45, 2.75) is 24.3 Å². The summed E-state index contributed by atoms with van der Waals surface area (Å²) in [4.78, 5) is 0. The van der Waals surface area contributed by atoms with E-state index in [9.17, 15) is 0 Å². The third-order valence-corrected chi connectivity index (χ3v) is 31.7. The maximum atomic E-state index is 2.42. The molecule has 2 aliphatic heterocycles. The van der Waals surface area contributed by atoms with Gasteiger partial charge in [0.05, 0.1) is 0 Å². The summed E-state index contributed by atoms with van der Waals surface area (Å²) in [6, 6.07) is 0. The van der Waals surface area contributed by atoms with Crippen LogP contribution in [-0.4, -0.2) is 57.2 Å². The summed E-state index contributed by atoms with van der Waals surface area (Å²) in [7, 11) is 2.42. The summed E-state index contributed by atoms with van der Waals surface area (Å²) < 4.78 is 4.29. The average molecular weight is 399 g/mol. The van der Waals surface area contributed by atoms with Gasteiger partial charge in [0.1, 0.15) is 0 Å². The Morgan fingerprint density at radius 3 is 3.33 bits per heavy atom. The summed E-state index contributed by atoms with van der Waals surface area (Å²) in [6.45, 7) is 2.30. The van der Waals surface area contributed by atoms with Gasteiger partial charge in [-0.05, 0) is 0 Å². The molecule has 2 fully saturated rings. The molecule has 3 atom stereocenters. The molecule has 5 heteroatoms. The first-order chi connectivity index (χ1) is 5.90. The van der Waals surface area contributed by atoms with E-state index in [4.69, 9.17) is 0 Å². The van der Waals surface area contributed by atoms with Gasteiger partial charge in [0.25, 0.3) is 0 Å². The molecule has 2 saturated heterocycles. The van der Waals surface area contributed by atoms with Crippen molar-refractivity contribution in [3.63, 3.8) is 0 Å². The van der Waals surface area contributed by atoms with Crippen LogP contribution in [0.25, 0.3) is 0 Å². The van der Waals surface area contributed by atoms with Crippen molar-refractivity contribution < 1.29 is 0 Å². The molecule has 0 radical (unpaired) electrons. The van der Waals surface area contributed by atoms with E-state index < -0.39 is 0 Å². The Balaban J connectivity index is 1.61. The molecule has 0 aromatic heterocycles. The fourth-order valence-corrected chi connectivity index (χ4v) is 42.6. The van der Waals surface area contributed by atoms with Gasteiger partial charge in [-0.15, -0.1) is 0 Å². The third kappa shape index (κ3) is 3.14. The quantitative estimate of drug-likeness (QED) is 0.400. The zero-order chi connectivity index (χ0) is 8.39. The average Bonchev–Trinajstić information content (AvgIpc) is 2.83. The number of thioether (sulfide) groups is 1. The second kappa shape index (κ2) is 5.37. The van der Waals surface area contributed by atoms with Gasteiger partial charge in [-0.25, -0.2) is 0 Å². The van der Waals surface area contributed by atoms with Crippen LogP contribution in [-0.2, 0) is 0 Å². The second-order valence-corrected chi connectivity index (χ2v) is 23.9. The van der Waals surface area contributed by atoms with Crippen LogP contribution in [0.4, 0.5) is 0 Å². The summed E-state index contributed by atoms with van der Waals surface area (Å²) >= 11 is 4.29. The van der Waals surface area contributed by atoms with Gasteiger partial charge in [0.2, 0.25) is 0 Å². The van der Waals surface area contributed by atoms with Crippen LogP contribution >= 0.6 is 21.9 Å². The first kappa shape index (κ1) is 10.8. The Morgan fingerprint density at radius 1 is 1.67 bits per heavy atom. The third-order valence-electron chi connectivity index (χ3n) is 1.67. The van der Waals surface area contributed by atoms with Gasteiger partial charge in [-0.3, -0.25) is 0 Å². The van der Waals surface area contributed by atoms with Crippen LogP contribution in [0.3, 0.4) is 0 Å². The minimum atomic E-state index is -0.104. The molecule has 0 aromatic rings. The molecule has 3 unspecified atom stereocenters. The van der Waals surface area contributed by atoms with E-state index in [1.165, 1.54) is 24.7 Å². The molecule has 0 aliphatic carbocycles. The first-order valence-electron chi connectivity index (χ1n) is 4.18. The summed E-state index contributed by atoms with van der Waals surface area (Å²) in [5.41, 5.74) is 0. The summed E-state index contributed by atoms with van der Waals surface area (Å²) in [5, 5.41) is 0. The number of hydrogen-bond donors (Lipinski definition) is 0. The molecule has 72 valence electrons. The molecule has 0 spiro atoms. The van der Waals surface area contributed by atoms with Crippen LogP contribution in [0.2, 0.25) is 7.93 Å². The van der Waals surface area contributed by atoms with Gasteiger partial charge >= 0.3 is 100 Å². The first-order valence-corrected chi connectivity index (χ1v) is 15.1. The van der Waals surface area contributed by atoms with Crippen LogP contribution < -0.4 is 0 Å². The molecule has 2 heterocycles. The molecule has 12 heavy (non-hydrogen) atoms. The number of hydrogen-bond acceptors (Lipinski definition) is 2. The Bertz CT molecular complexity index is 156. The van der Waals surface area contributed by atoms with Gasteiger partial charge in [0.15, 0.2) is 0 Å². The Hall–Kier alpha value is 2.26. The maximum absolute atomic E-state index is 2.42. The predicted octanol–water partition coefficient (Wildman–Crippen LogP) is 1.59. The summed E-state index contributed by atoms with van der Waals surface area (Å²) in [5.74, 6) is 2.93. The monoisotopic (exact) mass is 402 g/mol. The van der Waals surface area contributed by atoms with Gasteiger partial charge in [0, 0.05) is 0 Å². The van der Waals surface area contributed by atoms with Crippen molar-refractivity contribution in [1.82, 2.24) is 0 Å². The van der Waals surface area contributed by atoms with Crippen LogP contribution in [0.15, 0.2) is 0 Å². The van der Waals surface area contributed by atoms with Crippen molar-refractivity contribution in [1.29, 1.82) is 0 Å². The molecule has 2 rings (SSSR count). The molecule has 0 amide bonds. The van der Waals surface area contributed by atoms with E-state index in [0.717, 1.165) is 29.9 Å². The molecule has 0 saturated carbocycles. The Labute approximate surface area is 99.4 Å². The molecular formula is C7H14S2Se3. The van der Waals surface area contributed by atoms with Crippen molar-refractivity contribution in [2.75, 3.05) is 11.5 Å². The van der Waals surface area contributed by atoms with Crippen LogP contribution in [0, 0.1) is 0 Å². The van der Waals surface area contributed by atoms with E-state index in [0.29, 0.717) is 0 Å². The van der Waals surface area contributed by atoms with Crippen molar-refractivity contribution >= 4 is 64.6 Å². The molecule has 2 aliphatic rings. The van der Waals surface area contributed by atoms with Crippen molar-refractivity contribution in [3.05, 3.63) is 0 Å². The van der Waals surface area contributed by atoms with Crippen molar-refractivity contribution in [3.8, 4) is 0 Å². The van der Waals surface area contributed by atoms with Gasteiger partial charge in [-0.2, -0.15) is 0 Å². The van der Waals surface area contributed by atoms with E-state index in [-0.39, 0.29) is 12.8 Å². The minimum absolute atomic E-state index is 0.104. The van der Waals surface area contributed by atoms with Gasteiger partial charge < -0.3 is 0 Å². The standard InChI is InChI=1S/C7H14S2Se3/c1-2-3-8-4-6-10-5-12-7(9-12)11-6/h6-7,12H,2-5H2,1H3. The van der Waals surface area contributed by atoms with E-state index in [2.05, 4.69) is 28.9 Å². The molecule has 0 nitrogen and oxygen atoms in total. The van der Waals surface area contributed by atoms with E-state index in [1.54, 1.807) is 4.22 Å². The SMILES string of the molecule is CCCSCC1[Se]C[SeH]2SC2[Se]1. The molecular weight excluding hydrogens is 385 g/mol. The van der Waals surface area contributed by atoms with Crippen LogP contribution in [0.5, 0.6) is 0 Å². The normalized spacial score (nSPS) is 42.2. The summed E-state index contributed by atoms with van der Waals surface area (Å²) in [6.07, 6.45) is 1.37. The molecule has 0 N–H and O–H groups in total. The molecule has 0 bridgehead atoms. The van der Waals surface area contributed by atoms with Crippen LogP contribution in [0.1, 0.15) is 13.3 Å². The zero-order valence-corrected chi connectivity index (χ0v) is 14.0. The topological polar surface area (TPSA) is 0 Å². The fraction of sp³-hybridized carbons (Fsp3) is 1.00. The van der Waals surface area contributed by atoms with E-state index >= 15 is 0 Å². The molecule has 0 aromatic carbocycles. The second-order valence-electron chi connectivity index (χ2n) is 2.77. The van der Waals surface area contributed by atoms with Crippen molar-refractivity contribution in [2.24, 2.45) is 0 Å². The predicted molar refractivity (Wildman–Crippen MR) is 66.2 cm³/mol. The fourth-order valence-electron chi connectivity index (χ4n) is 1.01. The number of fused-ring (bicyclic) bond motifs is 1. The van der Waals surface area contributed by atoms with E-state index in [1.807, 2.05) is 0 Å². The Kier molecular flexibility index (Phi) is 4.82. The Morgan fingerprint density at radius 2 is 2.58 bits per heavy atom.